The summed E-state index contributed by atoms with van der Waals surface area (Å²) in [6, 6.07) is 4.97. The Kier molecular flexibility index (Phi) is 3.22. The fourth-order valence-corrected chi connectivity index (χ4v) is 2.04. The zero-order chi connectivity index (χ0) is 15.7. The predicted molar refractivity (Wildman–Crippen MR) is 81.4 cm³/mol. The first-order valence-corrected chi connectivity index (χ1v) is 6.41. The number of nitrogens with one attached hydrogen (secondary N) is 3. The van der Waals surface area contributed by atoms with E-state index >= 15 is 0 Å². The van der Waals surface area contributed by atoms with Crippen LogP contribution in [0.25, 0.3) is 5.65 Å². The largest absolute Gasteiger partial charge is 0.373 e. The maximum Gasteiger partial charge on any atom is 0.271 e. The third kappa shape index (κ3) is 2.24. The van der Waals surface area contributed by atoms with E-state index in [0.29, 0.717) is 23.0 Å². The number of rotatable bonds is 4. The fourth-order valence-electron chi connectivity index (χ4n) is 2.04. The average molecular weight is 299 g/mol. The highest BCUT2D eigenvalue weighted by molar-refractivity contribution is 5.98. The van der Waals surface area contributed by atoms with Crippen molar-refractivity contribution in [3.8, 4) is 0 Å². The second-order valence-electron chi connectivity index (χ2n) is 4.47. The lowest BCUT2D eigenvalue weighted by Crippen LogP contribution is -2.13. The minimum Gasteiger partial charge on any atom is -0.373 e. The number of hydrogen-bond donors (Lipinski definition) is 4. The maximum absolute atomic E-state index is 11.7. The van der Waals surface area contributed by atoms with E-state index in [9.17, 15) is 9.59 Å². The van der Waals surface area contributed by atoms with Crippen LogP contribution >= 0.6 is 0 Å². The number of nitrogens with zero attached hydrogens (tertiary/aromatic N) is 3. The topological polar surface area (TPSA) is 130 Å². The number of carbonyl (C=O) groups excluding carboxylic acids is 1. The van der Waals surface area contributed by atoms with Gasteiger partial charge in [-0.2, -0.15) is 9.61 Å². The first-order chi connectivity index (χ1) is 10.6. The van der Waals surface area contributed by atoms with Gasteiger partial charge in [0.2, 0.25) is 0 Å². The first-order valence-electron chi connectivity index (χ1n) is 6.41. The van der Waals surface area contributed by atoms with Gasteiger partial charge in [0.05, 0.1) is 6.20 Å². The molecule has 0 bridgehead atoms. The minimum absolute atomic E-state index is 0.196. The highest BCUT2D eigenvalue weighted by atomic mass is 16.1. The molecule has 0 aliphatic rings. The van der Waals surface area contributed by atoms with Crippen molar-refractivity contribution in [3.05, 3.63) is 46.5 Å². The zero-order valence-corrected chi connectivity index (χ0v) is 11.6. The molecule has 3 heterocycles. The monoisotopic (exact) mass is 299 g/mol. The summed E-state index contributed by atoms with van der Waals surface area (Å²) in [6.45, 7) is 0. The van der Waals surface area contributed by atoms with E-state index in [-0.39, 0.29) is 11.1 Å². The second-order valence-corrected chi connectivity index (χ2v) is 4.47. The number of H-pyrrole nitrogens is 1. The second kappa shape index (κ2) is 5.20. The summed E-state index contributed by atoms with van der Waals surface area (Å²) in [7, 11) is 1.71. The SMILES string of the molecule is CNc1cc(Nc2ccc[nH]c2=O)nc2c(C(N)=O)cnn12. The van der Waals surface area contributed by atoms with Gasteiger partial charge >= 0.3 is 0 Å². The number of amides is 1. The Hall–Kier alpha value is -3.36. The van der Waals surface area contributed by atoms with E-state index in [1.807, 2.05) is 0 Å². The molecule has 112 valence electrons. The van der Waals surface area contributed by atoms with Gasteiger partial charge in [-0.1, -0.05) is 0 Å². The molecular formula is C13H13N7O2. The first kappa shape index (κ1) is 13.6. The summed E-state index contributed by atoms with van der Waals surface area (Å²) >= 11 is 0. The maximum atomic E-state index is 11.7. The Labute approximate surface area is 124 Å². The van der Waals surface area contributed by atoms with Gasteiger partial charge in [-0.25, -0.2) is 4.98 Å². The number of aromatic amines is 1. The molecule has 0 aliphatic heterocycles. The van der Waals surface area contributed by atoms with Crippen molar-refractivity contribution in [2.45, 2.75) is 0 Å². The molecule has 9 heteroatoms. The Morgan fingerprint density at radius 3 is 2.95 bits per heavy atom. The lowest BCUT2D eigenvalue weighted by Gasteiger charge is -2.09. The van der Waals surface area contributed by atoms with Crippen LogP contribution in [0.5, 0.6) is 0 Å². The molecule has 3 aromatic rings. The minimum atomic E-state index is -0.626. The van der Waals surface area contributed by atoms with Gasteiger partial charge in [0, 0.05) is 19.3 Å². The Bertz CT molecular complexity index is 912. The van der Waals surface area contributed by atoms with Gasteiger partial charge in [-0.15, -0.1) is 0 Å². The molecule has 9 nitrogen and oxygen atoms in total. The van der Waals surface area contributed by atoms with Crippen molar-refractivity contribution in [1.29, 1.82) is 0 Å². The standard InChI is InChI=1S/C13H13N7O2/c1-15-10-5-9(18-8-3-2-4-16-13(8)22)19-12-7(11(14)21)6-17-20(10)12/h2-6,15H,1H3,(H2,14,21)(H,16,22)(H,18,19). The summed E-state index contributed by atoms with van der Waals surface area (Å²) in [5.74, 6) is 0.350. The van der Waals surface area contributed by atoms with E-state index in [1.165, 1.54) is 16.9 Å². The van der Waals surface area contributed by atoms with Gasteiger partial charge in [0.15, 0.2) is 5.65 Å². The number of pyridine rings is 1. The summed E-state index contributed by atoms with van der Waals surface area (Å²) in [4.78, 5) is 30.0. The number of aromatic nitrogens is 4. The van der Waals surface area contributed by atoms with E-state index < -0.39 is 5.91 Å². The van der Waals surface area contributed by atoms with Crippen molar-refractivity contribution < 1.29 is 4.79 Å². The molecule has 0 spiro atoms. The van der Waals surface area contributed by atoms with Crippen molar-refractivity contribution in [3.63, 3.8) is 0 Å². The molecule has 0 fully saturated rings. The molecule has 1 amide bonds. The van der Waals surface area contributed by atoms with E-state index in [2.05, 4.69) is 25.7 Å². The number of anilines is 3. The molecule has 0 radical (unpaired) electrons. The Morgan fingerprint density at radius 1 is 1.45 bits per heavy atom. The van der Waals surface area contributed by atoms with Crippen molar-refractivity contribution >= 4 is 28.9 Å². The number of primary amides is 1. The van der Waals surface area contributed by atoms with Crippen molar-refractivity contribution in [1.82, 2.24) is 19.6 Å². The number of nitrogens with two attached hydrogens (primary N) is 1. The van der Waals surface area contributed by atoms with Crippen LogP contribution in [0.4, 0.5) is 17.3 Å². The molecule has 5 N–H and O–H groups in total. The van der Waals surface area contributed by atoms with Crippen LogP contribution in [-0.2, 0) is 0 Å². The highest BCUT2D eigenvalue weighted by Crippen LogP contribution is 2.20. The molecule has 0 aliphatic carbocycles. The van der Waals surface area contributed by atoms with Gasteiger partial charge in [-0.05, 0) is 12.1 Å². The van der Waals surface area contributed by atoms with E-state index in [4.69, 9.17) is 5.73 Å². The molecule has 3 aromatic heterocycles. The van der Waals surface area contributed by atoms with Crippen LogP contribution < -0.4 is 21.9 Å². The Balaban J connectivity index is 2.14. The van der Waals surface area contributed by atoms with Crippen molar-refractivity contribution in [2.24, 2.45) is 5.73 Å². The summed E-state index contributed by atoms with van der Waals surface area (Å²) in [5.41, 5.74) is 5.87. The third-order valence-electron chi connectivity index (χ3n) is 3.07. The van der Waals surface area contributed by atoms with Gasteiger partial charge in [-0.3, -0.25) is 9.59 Å². The average Bonchev–Trinajstić information content (AvgIpc) is 2.93. The van der Waals surface area contributed by atoms with Gasteiger partial charge < -0.3 is 21.4 Å². The highest BCUT2D eigenvalue weighted by Gasteiger charge is 2.15. The zero-order valence-electron chi connectivity index (χ0n) is 11.6. The molecule has 0 aromatic carbocycles. The van der Waals surface area contributed by atoms with Crippen LogP contribution in [0.2, 0.25) is 0 Å². The number of carbonyl (C=O) groups is 1. The van der Waals surface area contributed by atoms with E-state index in [1.54, 1.807) is 25.2 Å². The van der Waals surface area contributed by atoms with Crippen LogP contribution in [0, 0.1) is 0 Å². The van der Waals surface area contributed by atoms with Gasteiger partial charge in [0.1, 0.15) is 22.9 Å². The molecule has 0 unspecified atom stereocenters. The molecule has 0 atom stereocenters. The van der Waals surface area contributed by atoms with Gasteiger partial charge in [0.25, 0.3) is 11.5 Å². The fraction of sp³-hybridized carbons (Fsp3) is 0.0769. The van der Waals surface area contributed by atoms with Crippen LogP contribution in [0.1, 0.15) is 10.4 Å². The molecule has 3 rings (SSSR count). The number of fused-ring (bicyclic) bond motifs is 1. The van der Waals surface area contributed by atoms with E-state index in [0.717, 1.165) is 0 Å². The third-order valence-corrected chi connectivity index (χ3v) is 3.07. The molecule has 0 saturated heterocycles. The molecule has 0 saturated carbocycles. The summed E-state index contributed by atoms with van der Waals surface area (Å²) in [5, 5.41) is 9.92. The smallest absolute Gasteiger partial charge is 0.271 e. The van der Waals surface area contributed by atoms with Crippen LogP contribution in [0.15, 0.2) is 35.4 Å². The summed E-state index contributed by atoms with van der Waals surface area (Å²) in [6.07, 6.45) is 2.88. The normalized spacial score (nSPS) is 10.6. The Morgan fingerprint density at radius 2 is 2.27 bits per heavy atom. The molecule has 22 heavy (non-hydrogen) atoms. The quantitative estimate of drug-likeness (QED) is 0.548. The summed E-state index contributed by atoms with van der Waals surface area (Å²) < 4.78 is 1.46. The lowest BCUT2D eigenvalue weighted by molar-refractivity contribution is 0.100. The van der Waals surface area contributed by atoms with Crippen LogP contribution in [0.3, 0.4) is 0 Å². The predicted octanol–water partition coefficient (Wildman–Crippen LogP) is 0.302. The van der Waals surface area contributed by atoms with Crippen LogP contribution in [-0.4, -0.2) is 32.5 Å². The molecular weight excluding hydrogens is 286 g/mol. The lowest BCUT2D eigenvalue weighted by atomic mass is 10.3. The number of hydrogen-bond acceptors (Lipinski definition) is 6. The van der Waals surface area contributed by atoms with Crippen molar-refractivity contribution in [2.75, 3.05) is 17.7 Å².